The van der Waals surface area contributed by atoms with Crippen molar-refractivity contribution in [2.75, 3.05) is 6.61 Å². The van der Waals surface area contributed by atoms with Gasteiger partial charge in [0.15, 0.2) is 0 Å². The van der Waals surface area contributed by atoms with Gasteiger partial charge in [-0.15, -0.1) is 0 Å². The van der Waals surface area contributed by atoms with E-state index in [9.17, 15) is 4.39 Å². The summed E-state index contributed by atoms with van der Waals surface area (Å²) in [5.74, 6) is 0.416. The first-order valence-electron chi connectivity index (χ1n) is 6.67. The zero-order valence-corrected chi connectivity index (χ0v) is 10.1. The molecule has 1 spiro atoms. The third-order valence-electron chi connectivity index (χ3n) is 4.35. The van der Waals surface area contributed by atoms with Crippen molar-refractivity contribution in [1.29, 1.82) is 0 Å². The fourth-order valence-corrected chi connectivity index (χ4v) is 3.41. The summed E-state index contributed by atoms with van der Waals surface area (Å²) in [6.45, 7) is 0.863. The van der Waals surface area contributed by atoms with E-state index in [1.807, 2.05) is 12.1 Å². The molecule has 1 nitrogen and oxygen atoms in total. The van der Waals surface area contributed by atoms with Crippen LogP contribution in [0.2, 0.25) is 0 Å². The fraction of sp³-hybridized carbons (Fsp3) is 0.600. The van der Waals surface area contributed by atoms with Gasteiger partial charge in [0.25, 0.3) is 0 Å². The van der Waals surface area contributed by atoms with E-state index in [-0.39, 0.29) is 11.4 Å². The van der Waals surface area contributed by atoms with Crippen LogP contribution in [0.3, 0.4) is 0 Å². The second-order valence-electron chi connectivity index (χ2n) is 5.48. The molecule has 1 aromatic rings. The van der Waals surface area contributed by atoms with Crippen LogP contribution >= 0.6 is 0 Å². The summed E-state index contributed by atoms with van der Waals surface area (Å²) in [4.78, 5) is 0. The van der Waals surface area contributed by atoms with Gasteiger partial charge in [0.2, 0.25) is 0 Å². The molecule has 1 aromatic carbocycles. The molecular weight excluding hydrogens is 215 g/mol. The Morgan fingerprint density at radius 1 is 1.12 bits per heavy atom. The zero-order chi connectivity index (χ0) is 11.7. The van der Waals surface area contributed by atoms with Crippen LogP contribution < -0.4 is 0 Å². The Labute approximate surface area is 102 Å². The lowest BCUT2D eigenvalue weighted by molar-refractivity contribution is -0.0804. The number of benzene rings is 1. The van der Waals surface area contributed by atoms with Crippen molar-refractivity contribution in [2.45, 2.75) is 50.0 Å². The van der Waals surface area contributed by atoms with Crippen molar-refractivity contribution in [3.63, 3.8) is 0 Å². The largest absolute Gasteiger partial charge is 0.375 e. The third-order valence-corrected chi connectivity index (χ3v) is 4.35. The maximum atomic E-state index is 12.9. The minimum atomic E-state index is -0.142. The van der Waals surface area contributed by atoms with E-state index in [1.54, 1.807) is 12.1 Å². The fourth-order valence-electron chi connectivity index (χ4n) is 3.41. The second kappa shape index (κ2) is 4.41. The highest BCUT2D eigenvalue weighted by molar-refractivity contribution is 5.21. The number of halogens is 1. The summed E-state index contributed by atoms with van der Waals surface area (Å²) in [5.41, 5.74) is 1.43. The van der Waals surface area contributed by atoms with Gasteiger partial charge in [-0.2, -0.15) is 0 Å². The number of ether oxygens (including phenoxy) is 1. The van der Waals surface area contributed by atoms with Crippen molar-refractivity contribution in [3.05, 3.63) is 35.6 Å². The van der Waals surface area contributed by atoms with Crippen LogP contribution in [0.25, 0.3) is 0 Å². The van der Waals surface area contributed by atoms with Crippen molar-refractivity contribution < 1.29 is 9.13 Å². The van der Waals surface area contributed by atoms with Crippen LogP contribution in [0.1, 0.15) is 50.0 Å². The highest BCUT2D eigenvalue weighted by Gasteiger charge is 2.40. The molecule has 92 valence electrons. The smallest absolute Gasteiger partial charge is 0.123 e. The molecule has 1 aliphatic carbocycles. The Morgan fingerprint density at radius 3 is 2.53 bits per heavy atom. The summed E-state index contributed by atoms with van der Waals surface area (Å²) in [5, 5.41) is 0. The summed E-state index contributed by atoms with van der Waals surface area (Å²) < 4.78 is 19.0. The van der Waals surface area contributed by atoms with Gasteiger partial charge in [-0.1, -0.05) is 25.0 Å². The maximum absolute atomic E-state index is 12.9. The van der Waals surface area contributed by atoms with Gasteiger partial charge in [-0.25, -0.2) is 4.39 Å². The Morgan fingerprint density at radius 2 is 1.82 bits per heavy atom. The molecule has 1 atom stereocenters. The molecule has 2 heteroatoms. The van der Waals surface area contributed by atoms with Crippen LogP contribution in [-0.2, 0) is 4.74 Å². The predicted octanol–water partition coefficient (Wildman–Crippen LogP) is 4.03. The van der Waals surface area contributed by atoms with Crippen molar-refractivity contribution >= 4 is 0 Å². The topological polar surface area (TPSA) is 9.23 Å². The SMILES string of the molecule is Fc1ccc(C2CCOC3(CCCC3)C2)cc1. The van der Waals surface area contributed by atoms with Gasteiger partial charge in [0.05, 0.1) is 5.60 Å². The molecule has 0 radical (unpaired) electrons. The lowest BCUT2D eigenvalue weighted by Crippen LogP contribution is -2.36. The first-order valence-corrected chi connectivity index (χ1v) is 6.67. The average molecular weight is 234 g/mol. The van der Waals surface area contributed by atoms with Gasteiger partial charge in [0, 0.05) is 6.61 Å². The normalized spacial score (nSPS) is 27.5. The highest BCUT2D eigenvalue weighted by atomic mass is 19.1. The van der Waals surface area contributed by atoms with Crippen LogP contribution in [0.15, 0.2) is 24.3 Å². The van der Waals surface area contributed by atoms with Crippen molar-refractivity contribution in [2.24, 2.45) is 0 Å². The Bertz CT molecular complexity index is 378. The third kappa shape index (κ3) is 2.23. The maximum Gasteiger partial charge on any atom is 0.123 e. The van der Waals surface area contributed by atoms with E-state index in [1.165, 1.54) is 31.2 Å². The van der Waals surface area contributed by atoms with Crippen molar-refractivity contribution in [3.8, 4) is 0 Å². The molecule has 0 N–H and O–H groups in total. The van der Waals surface area contributed by atoms with Gasteiger partial charge >= 0.3 is 0 Å². The second-order valence-corrected chi connectivity index (χ2v) is 5.48. The monoisotopic (exact) mass is 234 g/mol. The molecule has 0 aromatic heterocycles. The predicted molar refractivity (Wildman–Crippen MR) is 65.5 cm³/mol. The molecule has 17 heavy (non-hydrogen) atoms. The molecule has 3 rings (SSSR count). The standard InChI is InChI=1S/C15H19FO/c16-14-5-3-12(4-6-14)13-7-10-17-15(11-13)8-1-2-9-15/h3-6,13H,1-2,7-11H2. The van der Waals surface area contributed by atoms with Gasteiger partial charge in [0.1, 0.15) is 5.82 Å². The molecule has 0 amide bonds. The minimum absolute atomic E-state index is 0.142. The molecule has 0 bridgehead atoms. The number of hydrogen-bond donors (Lipinski definition) is 0. The highest BCUT2D eigenvalue weighted by Crippen LogP contribution is 2.45. The number of hydrogen-bond acceptors (Lipinski definition) is 1. The summed E-state index contributed by atoms with van der Waals surface area (Å²) in [6.07, 6.45) is 7.23. The number of rotatable bonds is 1. The molecule has 1 unspecified atom stereocenters. The Balaban J connectivity index is 1.77. The van der Waals surface area contributed by atoms with Crippen molar-refractivity contribution in [1.82, 2.24) is 0 Å². The first kappa shape index (κ1) is 11.2. The molecular formula is C15H19FO. The lowest BCUT2D eigenvalue weighted by Gasteiger charge is -2.38. The lowest BCUT2D eigenvalue weighted by atomic mass is 9.81. The first-order chi connectivity index (χ1) is 8.27. The molecule has 2 fully saturated rings. The van der Waals surface area contributed by atoms with Crippen LogP contribution in [0, 0.1) is 5.82 Å². The van der Waals surface area contributed by atoms with Gasteiger partial charge in [-0.3, -0.25) is 0 Å². The van der Waals surface area contributed by atoms with Crippen LogP contribution in [0.5, 0.6) is 0 Å². The average Bonchev–Trinajstić information content (AvgIpc) is 2.78. The summed E-state index contributed by atoms with van der Waals surface area (Å²) >= 11 is 0. The Kier molecular flexibility index (Phi) is 2.91. The van der Waals surface area contributed by atoms with E-state index in [0.717, 1.165) is 19.4 Å². The minimum Gasteiger partial charge on any atom is -0.375 e. The molecule has 1 saturated heterocycles. The van der Waals surface area contributed by atoms with E-state index >= 15 is 0 Å². The van der Waals surface area contributed by atoms with E-state index < -0.39 is 0 Å². The van der Waals surface area contributed by atoms with E-state index in [0.29, 0.717) is 5.92 Å². The van der Waals surface area contributed by atoms with Crippen LogP contribution in [0.4, 0.5) is 4.39 Å². The van der Waals surface area contributed by atoms with E-state index in [4.69, 9.17) is 4.74 Å². The molecule has 1 aliphatic heterocycles. The quantitative estimate of drug-likeness (QED) is 0.712. The van der Waals surface area contributed by atoms with Gasteiger partial charge < -0.3 is 4.74 Å². The summed E-state index contributed by atoms with van der Waals surface area (Å²) in [7, 11) is 0. The molecule has 2 aliphatic rings. The molecule has 1 saturated carbocycles. The van der Waals surface area contributed by atoms with E-state index in [2.05, 4.69) is 0 Å². The Hall–Kier alpha value is -0.890. The molecule has 1 heterocycles. The van der Waals surface area contributed by atoms with Crippen LogP contribution in [-0.4, -0.2) is 12.2 Å². The summed E-state index contributed by atoms with van der Waals surface area (Å²) in [6, 6.07) is 7.03. The zero-order valence-electron chi connectivity index (χ0n) is 10.1. The van der Waals surface area contributed by atoms with Gasteiger partial charge in [-0.05, 0) is 49.3 Å².